The lowest BCUT2D eigenvalue weighted by molar-refractivity contribution is -0.138. The van der Waals surface area contributed by atoms with Crippen molar-refractivity contribution in [2.75, 3.05) is 5.73 Å². The topological polar surface area (TPSA) is 133 Å². The lowest BCUT2D eigenvalue weighted by Gasteiger charge is -2.22. The average molecular weight is 447 g/mol. The zero-order valence-corrected chi connectivity index (χ0v) is 18.1. The van der Waals surface area contributed by atoms with Gasteiger partial charge in [0.2, 0.25) is 5.95 Å². The number of carboxylic acids is 1. The second-order valence-electron chi connectivity index (χ2n) is 8.28. The van der Waals surface area contributed by atoms with E-state index in [1.165, 1.54) is 12.1 Å². The van der Waals surface area contributed by atoms with Crippen LogP contribution in [0.2, 0.25) is 0 Å². The first-order valence-corrected chi connectivity index (χ1v) is 10.2. The van der Waals surface area contributed by atoms with Gasteiger partial charge in [-0.2, -0.15) is 0 Å². The van der Waals surface area contributed by atoms with Crippen molar-refractivity contribution in [1.29, 1.82) is 0 Å². The van der Waals surface area contributed by atoms with Crippen LogP contribution in [-0.2, 0) is 16.8 Å². The first-order chi connectivity index (χ1) is 15.7. The van der Waals surface area contributed by atoms with Crippen LogP contribution in [-0.4, -0.2) is 41.0 Å². The Labute approximate surface area is 189 Å². The molecule has 3 heterocycles. The Morgan fingerprint density at radius 1 is 1.06 bits per heavy atom. The predicted octanol–water partition coefficient (Wildman–Crippen LogP) is 3.32. The van der Waals surface area contributed by atoms with Crippen LogP contribution in [0.3, 0.4) is 0 Å². The average Bonchev–Trinajstić information content (AvgIpc) is 3.21. The van der Waals surface area contributed by atoms with Crippen LogP contribution in [0.25, 0.3) is 22.6 Å². The highest BCUT2D eigenvalue weighted by Gasteiger charge is 2.25. The second-order valence-corrected chi connectivity index (χ2v) is 8.28. The zero-order chi connectivity index (χ0) is 23.6. The number of nitrogen functional groups attached to an aromatic ring is 1. The van der Waals surface area contributed by atoms with Crippen molar-refractivity contribution in [3.05, 3.63) is 71.9 Å². The molecule has 0 aliphatic heterocycles. The Bertz CT molecular complexity index is 1320. The molecule has 168 valence electrons. The van der Waals surface area contributed by atoms with Gasteiger partial charge in [0.05, 0.1) is 36.2 Å². The number of aliphatic carboxylic acids is 1. The minimum Gasteiger partial charge on any atom is -0.481 e. The van der Waals surface area contributed by atoms with Crippen LogP contribution >= 0.6 is 0 Å². The molecule has 0 spiro atoms. The molecule has 4 aromatic rings. The van der Waals surface area contributed by atoms with Crippen LogP contribution in [0.4, 0.5) is 10.3 Å². The number of carboxylic acid groups (broad SMARTS) is 1. The molecular formula is C23H22FN7O2. The highest BCUT2D eigenvalue weighted by Crippen LogP contribution is 2.26. The molecule has 0 aliphatic carbocycles. The Morgan fingerprint density at radius 3 is 2.58 bits per heavy atom. The highest BCUT2D eigenvalue weighted by atomic mass is 19.1. The van der Waals surface area contributed by atoms with E-state index in [9.17, 15) is 9.18 Å². The van der Waals surface area contributed by atoms with Gasteiger partial charge in [0.25, 0.3) is 0 Å². The first kappa shape index (κ1) is 22.0. The Morgan fingerprint density at radius 2 is 1.82 bits per heavy atom. The summed E-state index contributed by atoms with van der Waals surface area (Å²) >= 11 is 0. The number of benzene rings is 1. The number of hydrogen-bond acceptors (Lipinski definition) is 7. The van der Waals surface area contributed by atoms with Crippen LogP contribution < -0.4 is 5.73 Å². The van der Waals surface area contributed by atoms with Gasteiger partial charge in [0.15, 0.2) is 0 Å². The van der Waals surface area contributed by atoms with Gasteiger partial charge >= 0.3 is 5.97 Å². The maximum Gasteiger partial charge on any atom is 0.304 e. The van der Waals surface area contributed by atoms with Gasteiger partial charge in [0, 0.05) is 16.7 Å². The molecule has 0 bridgehead atoms. The molecule has 0 radical (unpaired) electrons. The molecule has 0 atom stereocenters. The van der Waals surface area contributed by atoms with Gasteiger partial charge in [-0.1, -0.05) is 37.3 Å². The SMILES string of the molecule is CC(C)(CC(=O)O)c1cccc(Cn2cc(-c3cc(-c4cccc(F)c4)nc(N)n3)nn2)n1. The molecule has 9 nitrogen and oxygen atoms in total. The minimum atomic E-state index is -0.880. The third-order valence-corrected chi connectivity index (χ3v) is 5.08. The van der Waals surface area contributed by atoms with Crippen molar-refractivity contribution in [1.82, 2.24) is 29.9 Å². The molecule has 0 amide bonds. The van der Waals surface area contributed by atoms with E-state index in [1.54, 1.807) is 29.1 Å². The van der Waals surface area contributed by atoms with Gasteiger partial charge in [-0.3, -0.25) is 9.78 Å². The summed E-state index contributed by atoms with van der Waals surface area (Å²) < 4.78 is 15.2. The molecule has 0 aliphatic rings. The number of rotatable bonds is 7. The van der Waals surface area contributed by atoms with Gasteiger partial charge in [0.1, 0.15) is 11.5 Å². The molecule has 1 aromatic carbocycles. The summed E-state index contributed by atoms with van der Waals surface area (Å²) in [6, 6.07) is 13.2. The number of aromatic nitrogens is 6. The number of hydrogen-bond donors (Lipinski definition) is 2. The summed E-state index contributed by atoms with van der Waals surface area (Å²) in [6.07, 6.45) is 1.67. The van der Waals surface area contributed by atoms with Crippen LogP contribution in [0.1, 0.15) is 31.7 Å². The van der Waals surface area contributed by atoms with Gasteiger partial charge in [-0.25, -0.2) is 19.0 Å². The summed E-state index contributed by atoms with van der Waals surface area (Å²) in [5.74, 6) is -1.22. The summed E-state index contributed by atoms with van der Waals surface area (Å²) in [6.45, 7) is 4.02. The molecule has 0 saturated heterocycles. The monoisotopic (exact) mass is 447 g/mol. The fourth-order valence-electron chi connectivity index (χ4n) is 3.46. The number of nitrogens with two attached hydrogens (primary N) is 1. The zero-order valence-electron chi connectivity index (χ0n) is 18.1. The van der Waals surface area contributed by atoms with E-state index in [0.717, 1.165) is 0 Å². The van der Waals surface area contributed by atoms with Crippen molar-refractivity contribution >= 4 is 11.9 Å². The van der Waals surface area contributed by atoms with Crippen LogP contribution in [0.5, 0.6) is 0 Å². The molecule has 4 rings (SSSR count). The van der Waals surface area contributed by atoms with Crippen molar-refractivity contribution in [2.45, 2.75) is 32.2 Å². The van der Waals surface area contributed by atoms with E-state index < -0.39 is 11.4 Å². The fourth-order valence-corrected chi connectivity index (χ4v) is 3.46. The summed E-state index contributed by atoms with van der Waals surface area (Å²) in [7, 11) is 0. The van der Waals surface area contributed by atoms with E-state index in [2.05, 4.69) is 25.3 Å². The Hall–Kier alpha value is -4.21. The first-order valence-electron chi connectivity index (χ1n) is 10.2. The van der Waals surface area contributed by atoms with E-state index in [-0.39, 0.29) is 18.2 Å². The molecule has 0 fully saturated rings. The fraction of sp³-hybridized carbons (Fsp3) is 0.217. The quantitative estimate of drug-likeness (QED) is 0.441. The van der Waals surface area contributed by atoms with Gasteiger partial charge in [-0.15, -0.1) is 5.10 Å². The second kappa shape index (κ2) is 8.73. The number of nitrogens with zero attached hydrogens (tertiary/aromatic N) is 6. The summed E-state index contributed by atoms with van der Waals surface area (Å²) in [5, 5.41) is 17.5. The van der Waals surface area contributed by atoms with Crippen LogP contribution in [0.15, 0.2) is 54.7 Å². The van der Waals surface area contributed by atoms with E-state index >= 15 is 0 Å². The number of carbonyl (C=O) groups is 1. The van der Waals surface area contributed by atoms with Crippen LogP contribution in [0, 0.1) is 5.82 Å². The minimum absolute atomic E-state index is 0.0281. The smallest absolute Gasteiger partial charge is 0.304 e. The number of pyridine rings is 1. The van der Waals surface area contributed by atoms with E-state index in [4.69, 9.17) is 10.8 Å². The summed E-state index contributed by atoms with van der Waals surface area (Å²) in [4.78, 5) is 24.2. The highest BCUT2D eigenvalue weighted by molar-refractivity contribution is 5.69. The molecule has 33 heavy (non-hydrogen) atoms. The van der Waals surface area contributed by atoms with Crippen molar-refractivity contribution in [3.63, 3.8) is 0 Å². The number of anilines is 1. The molecule has 3 N–H and O–H groups in total. The maximum absolute atomic E-state index is 13.6. The predicted molar refractivity (Wildman–Crippen MR) is 119 cm³/mol. The lowest BCUT2D eigenvalue weighted by atomic mass is 9.85. The maximum atomic E-state index is 13.6. The molecule has 0 unspecified atom stereocenters. The molecule has 10 heteroatoms. The van der Waals surface area contributed by atoms with Crippen molar-refractivity contribution in [3.8, 4) is 22.6 Å². The van der Waals surface area contributed by atoms with Gasteiger partial charge < -0.3 is 10.8 Å². The lowest BCUT2D eigenvalue weighted by Crippen LogP contribution is -2.23. The van der Waals surface area contributed by atoms with Crippen molar-refractivity contribution in [2.24, 2.45) is 0 Å². The largest absolute Gasteiger partial charge is 0.481 e. The number of halogens is 1. The Kier molecular flexibility index (Phi) is 5.82. The standard InChI is InChI=1S/C23H22FN7O2/c1-23(2,11-21(32)33)20-8-4-7-16(26-20)12-31-13-19(29-30-31)18-10-17(27-22(25)28-18)14-5-3-6-15(24)9-14/h3-10,13H,11-12H2,1-2H3,(H,32,33)(H2,25,27,28). The van der Waals surface area contributed by atoms with Gasteiger partial charge in [-0.05, 0) is 30.3 Å². The van der Waals surface area contributed by atoms with Crippen molar-refractivity contribution < 1.29 is 14.3 Å². The Balaban J connectivity index is 1.58. The van der Waals surface area contributed by atoms with E-state index in [0.29, 0.717) is 40.6 Å². The van der Waals surface area contributed by atoms with E-state index in [1.807, 2.05) is 32.0 Å². The molecule has 3 aromatic heterocycles. The molecular weight excluding hydrogens is 425 g/mol. The third-order valence-electron chi connectivity index (χ3n) is 5.08. The molecule has 0 saturated carbocycles. The normalized spacial score (nSPS) is 11.5. The summed E-state index contributed by atoms with van der Waals surface area (Å²) in [5.41, 5.74) is 8.64. The third kappa shape index (κ3) is 5.17.